The number of hydrogen-bond donors (Lipinski definition) is 1. The maximum absolute atomic E-state index is 13.2. The molecule has 4 heteroatoms. The van der Waals surface area contributed by atoms with Crippen LogP contribution in [0, 0.1) is 5.82 Å². The van der Waals surface area contributed by atoms with Crippen LogP contribution >= 0.6 is 15.9 Å². The lowest BCUT2D eigenvalue weighted by Gasteiger charge is -2.00. The highest BCUT2D eigenvalue weighted by Crippen LogP contribution is 2.34. The van der Waals surface area contributed by atoms with E-state index in [0.717, 1.165) is 15.7 Å². The quantitative estimate of drug-likeness (QED) is 0.789. The van der Waals surface area contributed by atoms with Crippen molar-refractivity contribution in [3.05, 3.63) is 63.9 Å². The van der Waals surface area contributed by atoms with Gasteiger partial charge < -0.3 is 5.32 Å². The molecule has 0 atom stereocenters. The Morgan fingerprint density at radius 1 is 1.16 bits per heavy atom. The van der Waals surface area contributed by atoms with Crippen molar-refractivity contribution in [3.8, 4) is 0 Å². The van der Waals surface area contributed by atoms with Crippen LogP contribution in [0.25, 0.3) is 11.6 Å². The summed E-state index contributed by atoms with van der Waals surface area (Å²) in [5.74, 6) is -0.486. The maximum atomic E-state index is 13.2. The fraction of sp³-hybridized carbons (Fsp3) is 0. The van der Waals surface area contributed by atoms with E-state index in [4.69, 9.17) is 0 Å². The molecular weight excluding hydrogens is 309 g/mol. The molecule has 19 heavy (non-hydrogen) atoms. The largest absolute Gasteiger partial charge is 0.321 e. The molecule has 2 aromatic carbocycles. The van der Waals surface area contributed by atoms with Crippen LogP contribution in [0.5, 0.6) is 0 Å². The minimum Gasteiger partial charge on any atom is -0.321 e. The molecule has 2 nitrogen and oxygen atoms in total. The molecule has 0 saturated heterocycles. The maximum Gasteiger partial charge on any atom is 0.256 e. The third-order valence-electron chi connectivity index (χ3n) is 2.92. The summed E-state index contributed by atoms with van der Waals surface area (Å²) in [6.07, 6.45) is 1.69. The van der Waals surface area contributed by atoms with E-state index in [9.17, 15) is 9.18 Å². The summed E-state index contributed by atoms with van der Waals surface area (Å²) in [7, 11) is 0. The van der Waals surface area contributed by atoms with E-state index in [1.54, 1.807) is 18.2 Å². The van der Waals surface area contributed by atoms with Gasteiger partial charge in [-0.1, -0.05) is 28.1 Å². The predicted octanol–water partition coefficient (Wildman–Crippen LogP) is 4.08. The van der Waals surface area contributed by atoms with E-state index >= 15 is 0 Å². The third kappa shape index (κ3) is 2.31. The van der Waals surface area contributed by atoms with Crippen molar-refractivity contribution < 1.29 is 9.18 Å². The first-order valence-corrected chi connectivity index (χ1v) is 6.51. The van der Waals surface area contributed by atoms with Crippen molar-refractivity contribution in [2.24, 2.45) is 0 Å². The predicted molar refractivity (Wildman–Crippen MR) is 77.0 cm³/mol. The zero-order chi connectivity index (χ0) is 13.4. The molecule has 94 valence electrons. The Labute approximate surface area is 118 Å². The molecule has 0 spiro atoms. The smallest absolute Gasteiger partial charge is 0.256 e. The summed E-state index contributed by atoms with van der Waals surface area (Å²) in [5, 5.41) is 2.79. The summed E-state index contributed by atoms with van der Waals surface area (Å²) in [6, 6.07) is 11.7. The molecule has 1 amide bonds. The topological polar surface area (TPSA) is 29.1 Å². The van der Waals surface area contributed by atoms with Gasteiger partial charge in [0.25, 0.3) is 5.91 Å². The van der Waals surface area contributed by atoms with Gasteiger partial charge >= 0.3 is 0 Å². The van der Waals surface area contributed by atoms with Gasteiger partial charge in [-0.25, -0.2) is 4.39 Å². The van der Waals surface area contributed by atoms with Gasteiger partial charge in [-0.05, 0) is 42.0 Å². The van der Waals surface area contributed by atoms with E-state index in [2.05, 4.69) is 21.2 Å². The average Bonchev–Trinajstić information content (AvgIpc) is 2.66. The van der Waals surface area contributed by atoms with Gasteiger partial charge in [0, 0.05) is 21.3 Å². The molecule has 0 saturated carbocycles. The molecule has 2 aromatic rings. The number of halogens is 2. The summed E-state index contributed by atoms with van der Waals surface area (Å²) >= 11 is 3.38. The van der Waals surface area contributed by atoms with Crippen LogP contribution in [0.1, 0.15) is 11.1 Å². The van der Waals surface area contributed by atoms with Crippen LogP contribution in [0.15, 0.2) is 46.9 Å². The Kier molecular flexibility index (Phi) is 2.95. The van der Waals surface area contributed by atoms with Gasteiger partial charge in [0.1, 0.15) is 5.82 Å². The Bertz CT molecular complexity index is 709. The summed E-state index contributed by atoms with van der Waals surface area (Å²) in [4.78, 5) is 11.9. The monoisotopic (exact) mass is 317 g/mol. The van der Waals surface area contributed by atoms with Crippen LogP contribution in [0.2, 0.25) is 0 Å². The highest BCUT2D eigenvalue weighted by molar-refractivity contribution is 9.10. The number of rotatable bonds is 1. The van der Waals surface area contributed by atoms with E-state index in [0.29, 0.717) is 11.1 Å². The second-order valence-electron chi connectivity index (χ2n) is 4.26. The molecule has 3 rings (SSSR count). The Balaban J connectivity index is 2.11. The Hall–Kier alpha value is -1.94. The van der Waals surface area contributed by atoms with Crippen molar-refractivity contribution in [2.75, 3.05) is 5.32 Å². The van der Waals surface area contributed by atoms with Gasteiger partial charge in [0.2, 0.25) is 0 Å². The summed E-state index contributed by atoms with van der Waals surface area (Å²) < 4.78 is 14.1. The van der Waals surface area contributed by atoms with Crippen molar-refractivity contribution in [3.63, 3.8) is 0 Å². The van der Waals surface area contributed by atoms with Crippen LogP contribution in [0.3, 0.4) is 0 Å². The number of amides is 1. The lowest BCUT2D eigenvalue weighted by Crippen LogP contribution is -2.03. The van der Waals surface area contributed by atoms with E-state index in [-0.39, 0.29) is 11.7 Å². The highest BCUT2D eigenvalue weighted by atomic mass is 79.9. The molecule has 1 aliphatic rings. The lowest BCUT2D eigenvalue weighted by molar-refractivity contribution is -0.110. The fourth-order valence-corrected chi connectivity index (χ4v) is 2.43. The molecule has 1 aliphatic heterocycles. The van der Waals surface area contributed by atoms with Crippen LogP contribution in [-0.2, 0) is 4.79 Å². The minimum atomic E-state index is -0.317. The number of carbonyl (C=O) groups is 1. The Morgan fingerprint density at radius 2 is 2.00 bits per heavy atom. The number of nitrogens with one attached hydrogen (secondary N) is 1. The van der Waals surface area contributed by atoms with Gasteiger partial charge in [-0.2, -0.15) is 0 Å². The Morgan fingerprint density at radius 3 is 2.79 bits per heavy atom. The van der Waals surface area contributed by atoms with E-state index < -0.39 is 0 Å². The van der Waals surface area contributed by atoms with E-state index in [1.165, 1.54) is 12.1 Å². The number of carbonyl (C=O) groups excluding carboxylic acids is 1. The normalized spacial score (nSPS) is 15.5. The SMILES string of the molecule is O=C1Nc2ccc(Br)cc2/C1=C/c1cccc(F)c1. The average molecular weight is 318 g/mol. The second kappa shape index (κ2) is 4.63. The van der Waals surface area contributed by atoms with Crippen molar-refractivity contribution >= 4 is 39.2 Å². The number of anilines is 1. The van der Waals surface area contributed by atoms with Crippen LogP contribution < -0.4 is 5.32 Å². The first-order chi connectivity index (χ1) is 9.13. The van der Waals surface area contributed by atoms with Gasteiger partial charge in [-0.3, -0.25) is 4.79 Å². The number of benzene rings is 2. The molecule has 1 N–H and O–H groups in total. The molecule has 1 heterocycles. The number of hydrogen-bond acceptors (Lipinski definition) is 1. The summed E-state index contributed by atoms with van der Waals surface area (Å²) in [6.45, 7) is 0. The first kappa shape index (κ1) is 12.1. The second-order valence-corrected chi connectivity index (χ2v) is 5.17. The lowest BCUT2D eigenvalue weighted by atomic mass is 10.0. The molecule has 0 aromatic heterocycles. The van der Waals surface area contributed by atoms with Crippen molar-refractivity contribution in [2.45, 2.75) is 0 Å². The first-order valence-electron chi connectivity index (χ1n) is 5.72. The van der Waals surface area contributed by atoms with Gasteiger partial charge in [0.15, 0.2) is 0 Å². The zero-order valence-corrected chi connectivity index (χ0v) is 11.4. The van der Waals surface area contributed by atoms with Crippen molar-refractivity contribution in [1.82, 2.24) is 0 Å². The van der Waals surface area contributed by atoms with Crippen LogP contribution in [0.4, 0.5) is 10.1 Å². The molecule has 0 bridgehead atoms. The zero-order valence-electron chi connectivity index (χ0n) is 9.78. The molecule has 0 fully saturated rings. The van der Waals surface area contributed by atoms with Crippen molar-refractivity contribution in [1.29, 1.82) is 0 Å². The molecule has 0 aliphatic carbocycles. The molecular formula is C15H9BrFNO. The highest BCUT2D eigenvalue weighted by Gasteiger charge is 2.23. The molecule has 0 radical (unpaired) electrons. The minimum absolute atomic E-state index is 0.169. The third-order valence-corrected chi connectivity index (χ3v) is 3.42. The van der Waals surface area contributed by atoms with Gasteiger partial charge in [0.05, 0.1) is 0 Å². The van der Waals surface area contributed by atoms with E-state index in [1.807, 2.05) is 18.2 Å². The number of fused-ring (bicyclic) bond motifs is 1. The molecule has 0 unspecified atom stereocenters. The fourth-order valence-electron chi connectivity index (χ4n) is 2.07. The van der Waals surface area contributed by atoms with Crippen LogP contribution in [-0.4, -0.2) is 5.91 Å². The van der Waals surface area contributed by atoms with Gasteiger partial charge in [-0.15, -0.1) is 0 Å². The summed E-state index contributed by atoms with van der Waals surface area (Å²) in [5.41, 5.74) is 2.80. The standard InChI is InChI=1S/C15H9BrFNO/c16-10-4-5-14-12(8-10)13(15(19)18-14)7-9-2-1-3-11(17)6-9/h1-8H,(H,18,19)/b13-7-.